The maximum absolute atomic E-state index is 13.5. The summed E-state index contributed by atoms with van der Waals surface area (Å²) in [5, 5.41) is 4.23. The van der Waals surface area contributed by atoms with E-state index in [4.69, 9.17) is 9.47 Å². The van der Waals surface area contributed by atoms with Gasteiger partial charge in [-0.05, 0) is 44.0 Å². The topological polar surface area (TPSA) is 69.0 Å². The van der Waals surface area contributed by atoms with Gasteiger partial charge in [0.25, 0.3) is 5.91 Å². The fourth-order valence-corrected chi connectivity index (χ4v) is 4.28. The van der Waals surface area contributed by atoms with Gasteiger partial charge in [-0.3, -0.25) is 4.79 Å². The molecule has 2 aromatic heterocycles. The number of piperidine rings is 1. The minimum Gasteiger partial charge on any atom is -0.486 e. The number of likely N-dealkylation sites (tertiary alicyclic amines) is 1. The van der Waals surface area contributed by atoms with Gasteiger partial charge in [-0.2, -0.15) is 18.3 Å². The van der Waals surface area contributed by atoms with Crippen LogP contribution in [-0.2, 0) is 6.18 Å². The molecule has 5 rings (SSSR count). The highest BCUT2D eigenvalue weighted by atomic mass is 19.4. The summed E-state index contributed by atoms with van der Waals surface area (Å²) < 4.78 is 52.3. The number of halogens is 3. The maximum Gasteiger partial charge on any atom is 0.433 e. The van der Waals surface area contributed by atoms with Gasteiger partial charge in [0.1, 0.15) is 18.9 Å². The largest absolute Gasteiger partial charge is 0.486 e. The molecule has 0 spiro atoms. The number of nitrogens with zero attached hydrogens (tertiary/aromatic N) is 4. The molecular weight excluding hydrogens is 425 g/mol. The highest BCUT2D eigenvalue weighted by Gasteiger charge is 2.36. The second-order valence-electron chi connectivity index (χ2n) is 8.07. The Morgan fingerprint density at radius 1 is 1.12 bits per heavy atom. The molecule has 7 nitrogen and oxygen atoms in total. The standard InChI is InChI=1S/C22H21F3N4O3/c1-13-9-19(22(23,24)25)29-20(26-13)11-16(27-29)15-3-2-6-28(12-15)21(30)14-4-5-17-18(10-14)32-8-7-31-17/h4-5,9-11,15H,2-3,6-8,12H2,1H3/t15-/m0/s1. The lowest BCUT2D eigenvalue weighted by molar-refractivity contribution is -0.142. The smallest absolute Gasteiger partial charge is 0.433 e. The molecule has 168 valence electrons. The quantitative estimate of drug-likeness (QED) is 0.598. The molecule has 1 saturated heterocycles. The highest BCUT2D eigenvalue weighted by Crippen LogP contribution is 2.34. The molecule has 0 saturated carbocycles. The predicted octanol–water partition coefficient (Wildman–Crippen LogP) is 3.85. The van der Waals surface area contributed by atoms with E-state index in [9.17, 15) is 18.0 Å². The van der Waals surface area contributed by atoms with Crippen LogP contribution in [0.2, 0.25) is 0 Å². The molecule has 1 atom stereocenters. The molecule has 32 heavy (non-hydrogen) atoms. The van der Waals surface area contributed by atoms with Gasteiger partial charge >= 0.3 is 6.18 Å². The maximum atomic E-state index is 13.5. The highest BCUT2D eigenvalue weighted by molar-refractivity contribution is 5.95. The van der Waals surface area contributed by atoms with Gasteiger partial charge in [-0.15, -0.1) is 0 Å². The van der Waals surface area contributed by atoms with Crippen LogP contribution in [0.25, 0.3) is 5.65 Å². The van der Waals surface area contributed by atoms with Crippen LogP contribution in [0.1, 0.15) is 46.2 Å². The van der Waals surface area contributed by atoms with Crippen LogP contribution >= 0.6 is 0 Å². The molecule has 0 N–H and O–H groups in total. The fourth-order valence-electron chi connectivity index (χ4n) is 4.28. The third-order valence-electron chi connectivity index (χ3n) is 5.78. The van der Waals surface area contributed by atoms with Crippen molar-refractivity contribution in [2.24, 2.45) is 0 Å². The van der Waals surface area contributed by atoms with E-state index in [1.54, 1.807) is 29.2 Å². The average molecular weight is 446 g/mol. The Morgan fingerprint density at radius 3 is 2.69 bits per heavy atom. The van der Waals surface area contributed by atoms with E-state index >= 15 is 0 Å². The summed E-state index contributed by atoms with van der Waals surface area (Å²) in [4.78, 5) is 19.0. The Kier molecular flexibility index (Phi) is 4.94. The van der Waals surface area contributed by atoms with Crippen LogP contribution in [0, 0.1) is 6.92 Å². The van der Waals surface area contributed by atoms with E-state index < -0.39 is 11.9 Å². The van der Waals surface area contributed by atoms with Crippen LogP contribution in [-0.4, -0.2) is 51.7 Å². The van der Waals surface area contributed by atoms with E-state index in [1.165, 1.54) is 6.92 Å². The van der Waals surface area contributed by atoms with Crippen LogP contribution in [0.3, 0.4) is 0 Å². The molecule has 1 aromatic carbocycles. The number of amides is 1. The number of aryl methyl sites for hydroxylation is 1. The number of aromatic nitrogens is 3. The summed E-state index contributed by atoms with van der Waals surface area (Å²) >= 11 is 0. The summed E-state index contributed by atoms with van der Waals surface area (Å²) in [7, 11) is 0. The van der Waals surface area contributed by atoms with E-state index in [2.05, 4.69) is 10.1 Å². The number of hydrogen-bond acceptors (Lipinski definition) is 5. The van der Waals surface area contributed by atoms with Gasteiger partial charge in [0, 0.05) is 36.3 Å². The number of alkyl halides is 3. The van der Waals surface area contributed by atoms with Crippen LogP contribution < -0.4 is 9.47 Å². The molecule has 4 heterocycles. The first-order valence-corrected chi connectivity index (χ1v) is 10.4. The molecule has 0 aliphatic carbocycles. The first-order chi connectivity index (χ1) is 15.3. The third kappa shape index (κ3) is 3.74. The van der Waals surface area contributed by atoms with E-state index in [0.29, 0.717) is 49.1 Å². The average Bonchev–Trinajstić information content (AvgIpc) is 3.21. The summed E-state index contributed by atoms with van der Waals surface area (Å²) in [6, 6.07) is 7.67. The van der Waals surface area contributed by atoms with Crippen LogP contribution in [0.15, 0.2) is 30.3 Å². The summed E-state index contributed by atoms with van der Waals surface area (Å²) in [6.07, 6.45) is -3.08. The van der Waals surface area contributed by atoms with Crippen molar-refractivity contribution in [2.45, 2.75) is 31.9 Å². The summed E-state index contributed by atoms with van der Waals surface area (Å²) in [6.45, 7) is 3.37. The van der Waals surface area contributed by atoms with Gasteiger partial charge in [0.2, 0.25) is 0 Å². The second kappa shape index (κ2) is 7.68. The monoisotopic (exact) mass is 446 g/mol. The number of fused-ring (bicyclic) bond motifs is 2. The molecular formula is C22H21F3N4O3. The van der Waals surface area contributed by atoms with Crippen molar-refractivity contribution in [1.29, 1.82) is 0 Å². The number of benzene rings is 1. The first kappa shape index (κ1) is 20.6. The van der Waals surface area contributed by atoms with Gasteiger partial charge in [0.15, 0.2) is 17.1 Å². The molecule has 0 bridgehead atoms. The molecule has 2 aliphatic rings. The normalized spacial score (nSPS) is 18.8. The molecule has 3 aromatic rings. The van der Waals surface area contributed by atoms with Gasteiger partial charge < -0.3 is 14.4 Å². The van der Waals surface area contributed by atoms with Crippen LogP contribution in [0.4, 0.5) is 13.2 Å². The number of carbonyl (C=O) groups is 1. The number of carbonyl (C=O) groups excluding carboxylic acids is 1. The van der Waals surface area contributed by atoms with E-state index in [-0.39, 0.29) is 23.2 Å². The van der Waals surface area contributed by atoms with Crippen molar-refractivity contribution in [2.75, 3.05) is 26.3 Å². The fraction of sp³-hybridized carbons (Fsp3) is 0.409. The molecule has 0 unspecified atom stereocenters. The minimum absolute atomic E-state index is 0.152. The van der Waals surface area contributed by atoms with E-state index in [0.717, 1.165) is 23.4 Å². The zero-order valence-electron chi connectivity index (χ0n) is 17.4. The Labute approximate surface area is 181 Å². The van der Waals surface area contributed by atoms with Crippen molar-refractivity contribution < 1.29 is 27.4 Å². The minimum atomic E-state index is -4.54. The van der Waals surface area contributed by atoms with Gasteiger partial charge in [-0.1, -0.05) is 0 Å². The third-order valence-corrected chi connectivity index (χ3v) is 5.78. The Balaban J connectivity index is 1.40. The van der Waals surface area contributed by atoms with Gasteiger partial charge in [-0.25, -0.2) is 9.50 Å². The second-order valence-corrected chi connectivity index (χ2v) is 8.07. The van der Waals surface area contributed by atoms with Crippen molar-refractivity contribution in [3.05, 3.63) is 53.0 Å². The van der Waals surface area contributed by atoms with E-state index in [1.807, 2.05) is 0 Å². The predicted molar refractivity (Wildman–Crippen MR) is 108 cm³/mol. The molecule has 1 amide bonds. The number of hydrogen-bond donors (Lipinski definition) is 0. The molecule has 0 radical (unpaired) electrons. The SMILES string of the molecule is Cc1cc(C(F)(F)F)n2nc([C@H]3CCCN(C(=O)c4ccc5c(c4)OCCO5)C3)cc2n1. The molecule has 10 heteroatoms. The van der Waals surface area contributed by atoms with Crippen molar-refractivity contribution in [3.63, 3.8) is 0 Å². The van der Waals surface area contributed by atoms with Crippen molar-refractivity contribution in [1.82, 2.24) is 19.5 Å². The Morgan fingerprint density at radius 2 is 1.91 bits per heavy atom. The first-order valence-electron chi connectivity index (χ1n) is 10.4. The summed E-state index contributed by atoms with van der Waals surface area (Å²) in [5.41, 5.74) is 0.569. The Bertz CT molecular complexity index is 1190. The number of rotatable bonds is 2. The molecule has 1 fully saturated rings. The zero-order valence-corrected chi connectivity index (χ0v) is 17.4. The molecule has 2 aliphatic heterocycles. The zero-order chi connectivity index (χ0) is 22.5. The number of ether oxygens (including phenoxy) is 2. The lowest BCUT2D eigenvalue weighted by atomic mass is 9.94. The van der Waals surface area contributed by atoms with Gasteiger partial charge in [0.05, 0.1) is 5.69 Å². The lowest BCUT2D eigenvalue weighted by Crippen LogP contribution is -2.39. The van der Waals surface area contributed by atoms with Crippen molar-refractivity contribution in [3.8, 4) is 11.5 Å². The lowest BCUT2D eigenvalue weighted by Gasteiger charge is -2.32. The van der Waals surface area contributed by atoms with Crippen LogP contribution in [0.5, 0.6) is 11.5 Å². The van der Waals surface area contributed by atoms with Crippen molar-refractivity contribution >= 4 is 11.6 Å². The summed E-state index contributed by atoms with van der Waals surface area (Å²) in [5.74, 6) is 0.822. The Hall–Kier alpha value is -3.30.